The van der Waals surface area contributed by atoms with Crippen molar-refractivity contribution in [3.8, 4) is 0 Å². The van der Waals surface area contributed by atoms with Gasteiger partial charge in [-0.3, -0.25) is 4.79 Å². The third-order valence-corrected chi connectivity index (χ3v) is 2.85. The predicted molar refractivity (Wildman–Crippen MR) is 67.4 cm³/mol. The molecule has 0 bridgehead atoms. The van der Waals surface area contributed by atoms with E-state index >= 15 is 0 Å². The first-order chi connectivity index (χ1) is 7.77. The molecule has 0 aliphatic carbocycles. The van der Waals surface area contributed by atoms with Crippen molar-refractivity contribution < 1.29 is 19.7 Å². The van der Waals surface area contributed by atoms with Gasteiger partial charge in [0, 0.05) is 6.61 Å². The molecule has 5 nitrogen and oxygen atoms in total. The Hall–Kier alpha value is -0.650. The molecule has 0 fully saturated rings. The lowest BCUT2D eigenvalue weighted by Gasteiger charge is -2.28. The maximum Gasteiger partial charge on any atom is 0.243 e. The second-order valence-electron chi connectivity index (χ2n) is 4.85. The van der Waals surface area contributed by atoms with Gasteiger partial charge in [0.25, 0.3) is 0 Å². The summed E-state index contributed by atoms with van der Waals surface area (Å²) in [7, 11) is 0. The summed E-state index contributed by atoms with van der Waals surface area (Å²) in [6.45, 7) is 9.75. The van der Waals surface area contributed by atoms with Crippen LogP contribution in [0, 0.1) is 11.3 Å². The van der Waals surface area contributed by atoms with E-state index in [1.165, 1.54) is 0 Å². The number of aliphatic hydroxyl groups excluding tert-OH is 2. The molecule has 0 atom stereocenters. The molecule has 1 amide bonds. The Morgan fingerprint density at radius 3 is 2.06 bits per heavy atom. The van der Waals surface area contributed by atoms with Crippen molar-refractivity contribution in [3.05, 3.63) is 0 Å². The van der Waals surface area contributed by atoms with E-state index in [1.807, 2.05) is 0 Å². The van der Waals surface area contributed by atoms with Gasteiger partial charge in [0.15, 0.2) is 0 Å². The van der Waals surface area contributed by atoms with Crippen LogP contribution in [0.4, 0.5) is 0 Å². The molecule has 0 unspecified atom stereocenters. The molecular weight excluding hydrogens is 222 g/mol. The number of rotatable bonds is 7. The van der Waals surface area contributed by atoms with Gasteiger partial charge in [-0.2, -0.15) is 0 Å². The van der Waals surface area contributed by atoms with E-state index in [0.29, 0.717) is 17.9 Å². The van der Waals surface area contributed by atoms with Gasteiger partial charge in [0.1, 0.15) is 6.61 Å². The summed E-state index contributed by atoms with van der Waals surface area (Å²) in [4.78, 5) is 9.34. The molecule has 0 radical (unpaired) electrons. The zero-order chi connectivity index (χ0) is 13.9. The molecule has 0 aliphatic rings. The zero-order valence-corrected chi connectivity index (χ0v) is 11.4. The Balaban J connectivity index is 0. The standard InChI is InChI=1S/C10H22O2.C2H5NO2/c1-9(2)10(3,4)5-7-12-8-6-11;3-2(5)1-4/h9,11H,5-8H2,1-4H3;4H,1H2,(H2,3,5). The Morgan fingerprint density at radius 2 is 1.76 bits per heavy atom. The maximum atomic E-state index is 9.34. The summed E-state index contributed by atoms with van der Waals surface area (Å²) >= 11 is 0. The minimum Gasteiger partial charge on any atom is -0.394 e. The largest absolute Gasteiger partial charge is 0.394 e. The van der Waals surface area contributed by atoms with Crippen molar-refractivity contribution in [1.82, 2.24) is 0 Å². The van der Waals surface area contributed by atoms with Crippen LogP contribution in [0.5, 0.6) is 0 Å². The number of carbonyl (C=O) groups is 1. The van der Waals surface area contributed by atoms with Crippen LogP contribution in [0.15, 0.2) is 0 Å². The van der Waals surface area contributed by atoms with Crippen LogP contribution in [0.3, 0.4) is 0 Å². The van der Waals surface area contributed by atoms with E-state index in [9.17, 15) is 4.79 Å². The lowest BCUT2D eigenvalue weighted by Crippen LogP contribution is -2.21. The van der Waals surface area contributed by atoms with Crippen LogP contribution >= 0.6 is 0 Å². The summed E-state index contributed by atoms with van der Waals surface area (Å²) in [5, 5.41) is 16.1. The first-order valence-corrected chi connectivity index (χ1v) is 5.85. The highest BCUT2D eigenvalue weighted by Crippen LogP contribution is 2.29. The van der Waals surface area contributed by atoms with Crippen molar-refractivity contribution in [3.63, 3.8) is 0 Å². The third kappa shape index (κ3) is 13.3. The normalized spacial score (nSPS) is 11.0. The van der Waals surface area contributed by atoms with Crippen molar-refractivity contribution in [2.45, 2.75) is 34.1 Å². The van der Waals surface area contributed by atoms with Gasteiger partial charge in [-0.25, -0.2) is 0 Å². The molecule has 5 heteroatoms. The number of aliphatic hydroxyl groups is 2. The molecule has 0 aromatic carbocycles. The Morgan fingerprint density at radius 1 is 1.29 bits per heavy atom. The Kier molecular flexibility index (Phi) is 11.6. The molecule has 0 aromatic heterocycles. The molecular formula is C12H27NO4. The summed E-state index contributed by atoms with van der Waals surface area (Å²) in [5.41, 5.74) is 4.75. The quantitative estimate of drug-likeness (QED) is 0.574. The number of nitrogens with two attached hydrogens (primary N) is 1. The van der Waals surface area contributed by atoms with Gasteiger partial charge in [-0.1, -0.05) is 27.7 Å². The predicted octanol–water partition coefficient (Wildman–Crippen LogP) is 0.532. The van der Waals surface area contributed by atoms with Gasteiger partial charge in [-0.05, 0) is 17.8 Å². The molecule has 0 aliphatic heterocycles. The van der Waals surface area contributed by atoms with Crippen LogP contribution in [0.1, 0.15) is 34.1 Å². The lowest BCUT2D eigenvalue weighted by molar-refractivity contribution is -0.120. The molecule has 0 heterocycles. The van der Waals surface area contributed by atoms with Crippen molar-refractivity contribution in [2.24, 2.45) is 17.1 Å². The highest BCUT2D eigenvalue weighted by Gasteiger charge is 2.21. The van der Waals surface area contributed by atoms with E-state index in [0.717, 1.165) is 13.0 Å². The van der Waals surface area contributed by atoms with Crippen molar-refractivity contribution in [1.29, 1.82) is 0 Å². The fourth-order valence-corrected chi connectivity index (χ4v) is 0.791. The third-order valence-electron chi connectivity index (χ3n) is 2.85. The van der Waals surface area contributed by atoms with Crippen LogP contribution in [0.25, 0.3) is 0 Å². The molecule has 104 valence electrons. The number of carbonyl (C=O) groups excluding carboxylic acids is 1. The average molecular weight is 249 g/mol. The molecule has 4 N–H and O–H groups in total. The average Bonchev–Trinajstić information content (AvgIpc) is 2.25. The topological polar surface area (TPSA) is 92.8 Å². The second kappa shape index (κ2) is 10.5. The highest BCUT2D eigenvalue weighted by molar-refractivity contribution is 5.74. The van der Waals surface area contributed by atoms with Gasteiger partial charge < -0.3 is 20.7 Å². The van der Waals surface area contributed by atoms with Crippen LogP contribution in [-0.2, 0) is 9.53 Å². The number of amides is 1. The van der Waals surface area contributed by atoms with Gasteiger partial charge in [0.05, 0.1) is 13.2 Å². The Bertz CT molecular complexity index is 193. The van der Waals surface area contributed by atoms with Gasteiger partial charge >= 0.3 is 0 Å². The first kappa shape index (κ1) is 18.7. The first-order valence-electron chi connectivity index (χ1n) is 5.85. The highest BCUT2D eigenvalue weighted by atomic mass is 16.5. The van der Waals surface area contributed by atoms with Crippen LogP contribution in [0.2, 0.25) is 0 Å². The fraction of sp³-hybridized carbons (Fsp3) is 0.917. The monoisotopic (exact) mass is 249 g/mol. The maximum absolute atomic E-state index is 9.34. The molecule has 0 saturated heterocycles. The number of ether oxygens (including phenoxy) is 1. The number of hydrogen-bond acceptors (Lipinski definition) is 4. The molecule has 0 spiro atoms. The molecule has 0 aromatic rings. The van der Waals surface area contributed by atoms with Crippen molar-refractivity contribution >= 4 is 5.91 Å². The number of hydrogen-bond donors (Lipinski definition) is 3. The lowest BCUT2D eigenvalue weighted by atomic mass is 9.79. The minimum atomic E-state index is -0.690. The van der Waals surface area contributed by atoms with Gasteiger partial charge in [0.2, 0.25) is 5.91 Å². The summed E-state index contributed by atoms with van der Waals surface area (Å²) < 4.78 is 5.22. The molecule has 0 rings (SSSR count). The van der Waals surface area contributed by atoms with Crippen LogP contribution in [-0.4, -0.2) is 42.5 Å². The summed E-state index contributed by atoms with van der Waals surface area (Å²) in [6.07, 6.45) is 1.06. The van der Waals surface area contributed by atoms with E-state index < -0.39 is 12.5 Å². The summed E-state index contributed by atoms with van der Waals surface area (Å²) in [6, 6.07) is 0. The van der Waals surface area contributed by atoms with Crippen molar-refractivity contribution in [2.75, 3.05) is 26.4 Å². The fourth-order valence-electron chi connectivity index (χ4n) is 0.791. The van der Waals surface area contributed by atoms with E-state index in [-0.39, 0.29) is 6.61 Å². The van der Waals surface area contributed by atoms with E-state index in [2.05, 4.69) is 33.4 Å². The second-order valence-corrected chi connectivity index (χ2v) is 4.85. The molecule has 17 heavy (non-hydrogen) atoms. The molecule has 0 saturated carbocycles. The van der Waals surface area contributed by atoms with Crippen LogP contribution < -0.4 is 5.73 Å². The summed E-state index contributed by atoms with van der Waals surface area (Å²) in [5.74, 6) is -0.0137. The minimum absolute atomic E-state index is 0.127. The van der Waals surface area contributed by atoms with E-state index in [4.69, 9.17) is 14.9 Å². The smallest absolute Gasteiger partial charge is 0.243 e. The zero-order valence-electron chi connectivity index (χ0n) is 11.4. The Labute approximate surface area is 104 Å². The number of primary amides is 1. The van der Waals surface area contributed by atoms with E-state index in [1.54, 1.807) is 0 Å². The van der Waals surface area contributed by atoms with Gasteiger partial charge in [-0.15, -0.1) is 0 Å². The SMILES string of the molecule is CC(C)C(C)(C)CCOCCO.NC(=O)CO.